The van der Waals surface area contributed by atoms with E-state index in [2.05, 4.69) is 24.4 Å². The van der Waals surface area contributed by atoms with Crippen molar-refractivity contribution in [3.8, 4) is 0 Å². The number of rotatable bonds is 0. The molecule has 16 heavy (non-hydrogen) atoms. The zero-order chi connectivity index (χ0) is 11.3. The molecule has 2 aromatic rings. The smallest absolute Gasteiger partial charge is 0.180 e. The first kappa shape index (κ1) is 12.4. The molecule has 0 unspecified atom stereocenters. The lowest BCUT2D eigenvalue weighted by atomic mass is 10.2. The van der Waals surface area contributed by atoms with Crippen molar-refractivity contribution < 1.29 is 8.94 Å². The monoisotopic (exact) mass is 223 g/mol. The molecule has 0 aromatic carbocycles. The molecule has 0 amide bonds. The molecule has 1 saturated heterocycles. The van der Waals surface area contributed by atoms with Crippen LogP contribution in [0.2, 0.25) is 0 Å². The largest absolute Gasteiger partial charge is 0.452 e. The zero-order valence-corrected chi connectivity index (χ0v) is 9.21. The summed E-state index contributed by atoms with van der Waals surface area (Å²) in [6.45, 7) is 2.50. The number of oxazole rings is 1. The molecule has 1 aliphatic rings. The first-order valence-electron chi connectivity index (χ1n) is 5.37. The van der Waals surface area contributed by atoms with Gasteiger partial charge in [-0.25, -0.2) is 4.98 Å². The Morgan fingerprint density at radius 2 is 1.88 bits per heavy atom. The Bertz CT molecular complexity index is 219. The molecule has 0 bridgehead atoms. The Morgan fingerprint density at radius 3 is 2.06 bits per heavy atom. The van der Waals surface area contributed by atoms with Crippen molar-refractivity contribution in [3.63, 3.8) is 0 Å². The highest BCUT2D eigenvalue weighted by Crippen LogP contribution is 1.96. The fourth-order valence-corrected chi connectivity index (χ4v) is 1.15. The van der Waals surface area contributed by atoms with Gasteiger partial charge in [-0.2, -0.15) is 0 Å². The van der Waals surface area contributed by atoms with E-state index in [0.717, 1.165) is 0 Å². The third-order valence-corrected chi connectivity index (χ3v) is 1.90. The zero-order valence-electron chi connectivity index (χ0n) is 9.21. The predicted octanol–water partition coefficient (Wildman–Crippen LogP) is 2.11. The molecule has 0 saturated carbocycles. The van der Waals surface area contributed by atoms with Gasteiger partial charge in [-0.1, -0.05) is 11.6 Å². The van der Waals surface area contributed by atoms with Gasteiger partial charge in [-0.3, -0.25) is 0 Å². The molecule has 2 aromatic heterocycles. The molecule has 0 atom stereocenters. The highest BCUT2D eigenvalue weighted by molar-refractivity contribution is 4.67. The first-order valence-corrected chi connectivity index (χ1v) is 5.37. The molecule has 3 rings (SSSR count). The van der Waals surface area contributed by atoms with Crippen molar-refractivity contribution >= 4 is 0 Å². The minimum Gasteiger partial charge on any atom is -0.452 e. The van der Waals surface area contributed by atoms with E-state index < -0.39 is 0 Å². The summed E-state index contributed by atoms with van der Waals surface area (Å²) in [7, 11) is 0. The van der Waals surface area contributed by atoms with Crippen LogP contribution in [0.5, 0.6) is 0 Å². The van der Waals surface area contributed by atoms with E-state index in [4.69, 9.17) is 0 Å². The summed E-state index contributed by atoms with van der Waals surface area (Å²) in [6, 6.07) is 1.72. The quantitative estimate of drug-likeness (QED) is 0.741. The van der Waals surface area contributed by atoms with Gasteiger partial charge >= 0.3 is 0 Å². The summed E-state index contributed by atoms with van der Waals surface area (Å²) in [5.41, 5.74) is 0. The van der Waals surface area contributed by atoms with Crippen LogP contribution < -0.4 is 5.32 Å². The van der Waals surface area contributed by atoms with Gasteiger partial charge in [0.05, 0.1) is 12.4 Å². The third kappa shape index (κ3) is 7.75. The highest BCUT2D eigenvalue weighted by atomic mass is 16.5. The van der Waals surface area contributed by atoms with E-state index in [0.29, 0.717) is 0 Å². The summed E-state index contributed by atoms with van der Waals surface area (Å²) in [5.74, 6) is 0. The van der Waals surface area contributed by atoms with E-state index in [1.165, 1.54) is 51.3 Å². The number of aromatic nitrogens is 2. The van der Waals surface area contributed by atoms with E-state index in [1.54, 1.807) is 18.5 Å². The lowest BCUT2D eigenvalue weighted by molar-refractivity contribution is 0.420. The van der Waals surface area contributed by atoms with Gasteiger partial charge in [0, 0.05) is 0 Å². The molecule has 5 heteroatoms. The summed E-state index contributed by atoms with van der Waals surface area (Å²) < 4.78 is 8.81. The second-order valence-corrected chi connectivity index (χ2v) is 3.17. The van der Waals surface area contributed by atoms with Crippen LogP contribution in [0.3, 0.4) is 0 Å². The normalized spacial score (nSPS) is 14.0. The maximum absolute atomic E-state index is 4.47. The second-order valence-electron chi connectivity index (χ2n) is 3.17. The van der Waals surface area contributed by atoms with Crippen LogP contribution in [0.1, 0.15) is 19.3 Å². The Morgan fingerprint density at radius 1 is 1.00 bits per heavy atom. The maximum Gasteiger partial charge on any atom is 0.180 e. The molecule has 88 valence electrons. The highest BCUT2D eigenvalue weighted by Gasteiger charge is 1.93. The molecule has 1 fully saturated rings. The van der Waals surface area contributed by atoms with E-state index in [9.17, 15) is 0 Å². The van der Waals surface area contributed by atoms with E-state index in [-0.39, 0.29) is 0 Å². The molecule has 0 radical (unpaired) electrons. The van der Waals surface area contributed by atoms with E-state index >= 15 is 0 Å². The molecule has 5 nitrogen and oxygen atoms in total. The van der Waals surface area contributed by atoms with Crippen LogP contribution in [0, 0.1) is 0 Å². The average Bonchev–Trinajstić information content (AvgIpc) is 3.10. The van der Waals surface area contributed by atoms with Crippen molar-refractivity contribution in [1.82, 2.24) is 15.5 Å². The number of nitrogens with zero attached hydrogens (tertiary/aromatic N) is 2. The number of hydrogen-bond acceptors (Lipinski definition) is 5. The van der Waals surface area contributed by atoms with Crippen molar-refractivity contribution in [2.75, 3.05) is 13.1 Å². The molecule has 3 heterocycles. The molecule has 0 aliphatic carbocycles. The Hall–Kier alpha value is -1.62. The van der Waals surface area contributed by atoms with Crippen LogP contribution in [0.15, 0.2) is 46.3 Å². The molecule has 1 N–H and O–H groups in total. The lowest BCUT2D eigenvalue weighted by Crippen LogP contribution is -2.21. The van der Waals surface area contributed by atoms with Crippen molar-refractivity contribution in [3.05, 3.63) is 37.4 Å². The fourth-order valence-electron chi connectivity index (χ4n) is 1.15. The van der Waals surface area contributed by atoms with Gasteiger partial charge in [0.1, 0.15) is 12.5 Å². The van der Waals surface area contributed by atoms with Gasteiger partial charge in [0.25, 0.3) is 0 Å². The Balaban J connectivity index is 0.000000121. The number of piperidine rings is 1. The Kier molecular flexibility index (Phi) is 7.72. The lowest BCUT2D eigenvalue weighted by Gasteiger charge is -2.08. The topological polar surface area (TPSA) is 64.1 Å². The minimum atomic E-state index is 1.25. The minimum absolute atomic E-state index is 1.25. The van der Waals surface area contributed by atoms with Crippen LogP contribution in [-0.4, -0.2) is 23.2 Å². The van der Waals surface area contributed by atoms with Gasteiger partial charge in [-0.05, 0) is 32.0 Å². The van der Waals surface area contributed by atoms with Crippen LogP contribution in [-0.2, 0) is 0 Å². The van der Waals surface area contributed by atoms with Gasteiger partial charge in [-0.15, -0.1) is 0 Å². The second kappa shape index (κ2) is 9.92. The number of nitrogens with one attached hydrogen (secondary N) is 1. The summed E-state index contributed by atoms with van der Waals surface area (Å²) in [4.78, 5) is 3.56. The third-order valence-electron chi connectivity index (χ3n) is 1.90. The standard InChI is InChI=1S/C5H11N.2C3H3NO/c1-2-4-6-5-3-1;1-2-5-3-4-1;1-2-4-5-3-1/h6H,1-5H2;2*1-3H. The molecular formula is C11H17N3O2. The van der Waals surface area contributed by atoms with Gasteiger partial charge in [0.15, 0.2) is 6.39 Å². The van der Waals surface area contributed by atoms with Gasteiger partial charge < -0.3 is 14.3 Å². The van der Waals surface area contributed by atoms with Crippen molar-refractivity contribution in [1.29, 1.82) is 0 Å². The van der Waals surface area contributed by atoms with E-state index in [1.807, 2.05) is 0 Å². The molecule has 0 spiro atoms. The van der Waals surface area contributed by atoms with Gasteiger partial charge in [0.2, 0.25) is 0 Å². The first-order chi connectivity index (χ1) is 8.00. The fraction of sp³-hybridized carbons (Fsp3) is 0.455. The summed E-state index contributed by atoms with van der Waals surface area (Å²) in [5, 5.41) is 6.63. The van der Waals surface area contributed by atoms with Crippen LogP contribution in [0.4, 0.5) is 0 Å². The number of hydrogen-bond donors (Lipinski definition) is 1. The Labute approximate surface area is 94.8 Å². The van der Waals surface area contributed by atoms with Crippen LogP contribution in [0.25, 0.3) is 0 Å². The predicted molar refractivity (Wildman–Crippen MR) is 59.7 cm³/mol. The maximum atomic E-state index is 4.47. The summed E-state index contributed by atoms with van der Waals surface area (Å²) >= 11 is 0. The molecule has 1 aliphatic heterocycles. The SMILES string of the molecule is C1CCNCC1.c1cnoc1.c1cocn1. The summed E-state index contributed by atoms with van der Waals surface area (Å²) in [6.07, 6.45) is 11.8. The molecular weight excluding hydrogens is 206 g/mol. The van der Waals surface area contributed by atoms with Crippen molar-refractivity contribution in [2.45, 2.75) is 19.3 Å². The van der Waals surface area contributed by atoms with Crippen LogP contribution >= 0.6 is 0 Å². The average molecular weight is 223 g/mol. The van der Waals surface area contributed by atoms with Crippen molar-refractivity contribution in [2.24, 2.45) is 0 Å².